The summed E-state index contributed by atoms with van der Waals surface area (Å²) in [5.41, 5.74) is 0.247. The third kappa shape index (κ3) is 6.99. The van der Waals surface area contributed by atoms with Crippen molar-refractivity contribution < 1.29 is 28.5 Å². The van der Waals surface area contributed by atoms with Crippen molar-refractivity contribution in [2.45, 2.75) is 26.8 Å². The summed E-state index contributed by atoms with van der Waals surface area (Å²) in [6, 6.07) is 15.9. The highest BCUT2D eigenvalue weighted by atomic mass is 16.5. The van der Waals surface area contributed by atoms with E-state index in [0.717, 1.165) is 5.75 Å². The van der Waals surface area contributed by atoms with Gasteiger partial charge >= 0.3 is 5.97 Å². The van der Waals surface area contributed by atoms with Gasteiger partial charge in [0, 0.05) is 12.1 Å². The Balaban J connectivity index is 1.52. The molecule has 0 bridgehead atoms. The van der Waals surface area contributed by atoms with Crippen molar-refractivity contribution in [2.24, 2.45) is 0 Å². The van der Waals surface area contributed by atoms with Crippen molar-refractivity contribution in [3.8, 4) is 17.2 Å². The van der Waals surface area contributed by atoms with Crippen molar-refractivity contribution in [1.82, 2.24) is 9.78 Å². The lowest BCUT2D eigenvalue weighted by Gasteiger charge is -2.14. The first-order chi connectivity index (χ1) is 16.5. The van der Waals surface area contributed by atoms with Gasteiger partial charge in [-0.1, -0.05) is 18.2 Å². The molecule has 0 aliphatic carbocycles. The van der Waals surface area contributed by atoms with Gasteiger partial charge in [-0.25, -0.2) is 9.48 Å². The van der Waals surface area contributed by atoms with Gasteiger partial charge in [0.15, 0.2) is 18.1 Å². The summed E-state index contributed by atoms with van der Waals surface area (Å²) in [7, 11) is 0. The number of hydrogen-bond donors (Lipinski definition) is 1. The van der Waals surface area contributed by atoms with Gasteiger partial charge in [0.1, 0.15) is 24.8 Å². The molecule has 9 nitrogen and oxygen atoms in total. The molecule has 1 N–H and O–H groups in total. The van der Waals surface area contributed by atoms with Crippen molar-refractivity contribution in [2.75, 3.05) is 31.7 Å². The van der Waals surface area contributed by atoms with Crippen molar-refractivity contribution >= 4 is 17.7 Å². The van der Waals surface area contributed by atoms with E-state index in [1.54, 1.807) is 29.1 Å². The molecule has 0 radical (unpaired) electrons. The quantitative estimate of drug-likeness (QED) is 0.316. The molecule has 0 aliphatic heterocycles. The molecular formula is C25H29N3O6. The van der Waals surface area contributed by atoms with Crippen molar-refractivity contribution in [3.05, 3.63) is 66.4 Å². The Kier molecular flexibility index (Phi) is 8.90. The van der Waals surface area contributed by atoms with E-state index in [9.17, 15) is 9.59 Å². The summed E-state index contributed by atoms with van der Waals surface area (Å²) >= 11 is 0. The standard InChI is InChI=1S/C25H29N3O6/c1-4-31-22-16-19(10-11-21(22)33-15-14-32-20-8-6-5-7-9-20)25(30)34-17-24(29)27-23-12-13-26-28(23)18(2)3/h5-13,16,18H,4,14-15,17H2,1-3H3,(H,27,29). The number of benzene rings is 2. The normalized spacial score (nSPS) is 10.6. The number of anilines is 1. The van der Waals surface area contributed by atoms with Gasteiger partial charge in [0.25, 0.3) is 5.91 Å². The maximum absolute atomic E-state index is 12.5. The number of nitrogens with zero attached hydrogens (tertiary/aromatic N) is 2. The van der Waals surface area contributed by atoms with Crippen LogP contribution in [0.1, 0.15) is 37.2 Å². The van der Waals surface area contributed by atoms with Gasteiger partial charge in [-0.3, -0.25) is 4.79 Å². The largest absolute Gasteiger partial charge is 0.490 e. The van der Waals surface area contributed by atoms with Crippen LogP contribution in [0.4, 0.5) is 5.82 Å². The molecule has 0 aliphatic rings. The molecule has 1 amide bonds. The lowest BCUT2D eigenvalue weighted by atomic mass is 10.2. The third-order valence-electron chi connectivity index (χ3n) is 4.59. The molecule has 3 rings (SSSR count). The lowest BCUT2D eigenvalue weighted by molar-refractivity contribution is -0.119. The highest BCUT2D eigenvalue weighted by Gasteiger charge is 2.16. The molecule has 9 heteroatoms. The number of amides is 1. The molecule has 3 aromatic rings. The Bertz CT molecular complexity index is 1080. The minimum absolute atomic E-state index is 0.0791. The average molecular weight is 468 g/mol. The fourth-order valence-electron chi connectivity index (χ4n) is 3.07. The van der Waals surface area contributed by atoms with Crippen LogP contribution in [0.5, 0.6) is 17.2 Å². The Hall–Kier alpha value is -4.01. The SMILES string of the molecule is CCOc1cc(C(=O)OCC(=O)Nc2ccnn2C(C)C)ccc1OCCOc1ccccc1. The van der Waals surface area contributed by atoms with Gasteiger partial charge in [0.2, 0.25) is 0 Å². The Labute approximate surface area is 198 Å². The highest BCUT2D eigenvalue weighted by Crippen LogP contribution is 2.29. The van der Waals surface area contributed by atoms with Crippen LogP contribution in [0.25, 0.3) is 0 Å². The number of rotatable bonds is 12. The van der Waals surface area contributed by atoms with Crippen LogP contribution in [0.15, 0.2) is 60.8 Å². The molecule has 2 aromatic carbocycles. The van der Waals surface area contributed by atoms with Gasteiger partial charge in [-0.15, -0.1) is 0 Å². The fourth-order valence-corrected chi connectivity index (χ4v) is 3.07. The minimum atomic E-state index is -0.646. The van der Waals surface area contributed by atoms with Crippen LogP contribution in [-0.4, -0.2) is 48.1 Å². The molecule has 0 saturated heterocycles. The van der Waals surface area contributed by atoms with Crippen molar-refractivity contribution in [3.63, 3.8) is 0 Å². The predicted octanol–water partition coefficient (Wildman–Crippen LogP) is 4.12. The summed E-state index contributed by atoms with van der Waals surface area (Å²) in [6.45, 7) is 6.34. The fraction of sp³-hybridized carbons (Fsp3) is 0.320. The molecule has 0 spiro atoms. The second-order valence-corrected chi connectivity index (χ2v) is 7.48. The zero-order chi connectivity index (χ0) is 24.3. The monoisotopic (exact) mass is 467 g/mol. The van der Waals surface area contributed by atoms with Gasteiger partial charge < -0.3 is 24.3 Å². The summed E-state index contributed by atoms with van der Waals surface area (Å²) in [5, 5.41) is 6.84. The number of aromatic nitrogens is 2. The van der Waals surface area contributed by atoms with Crippen LogP contribution < -0.4 is 19.5 Å². The molecule has 34 heavy (non-hydrogen) atoms. The van der Waals surface area contributed by atoms with Gasteiger partial charge in [-0.2, -0.15) is 5.10 Å². The van der Waals surface area contributed by atoms with Crippen LogP contribution in [0, 0.1) is 0 Å². The Morgan fingerprint density at radius 2 is 1.74 bits per heavy atom. The molecule has 0 atom stereocenters. The molecule has 0 saturated carbocycles. The van der Waals surface area contributed by atoms with E-state index in [-0.39, 0.29) is 11.6 Å². The summed E-state index contributed by atoms with van der Waals surface area (Å²) in [4.78, 5) is 24.7. The predicted molar refractivity (Wildman–Crippen MR) is 127 cm³/mol. The van der Waals surface area contributed by atoms with Crippen LogP contribution in [0.2, 0.25) is 0 Å². The first-order valence-corrected chi connectivity index (χ1v) is 11.1. The Morgan fingerprint density at radius 3 is 2.47 bits per heavy atom. The second kappa shape index (κ2) is 12.3. The summed E-state index contributed by atoms with van der Waals surface area (Å²) in [5.74, 6) is 1.07. The zero-order valence-corrected chi connectivity index (χ0v) is 19.5. The van der Waals surface area contributed by atoms with Gasteiger partial charge in [-0.05, 0) is 51.1 Å². The van der Waals surface area contributed by atoms with Crippen LogP contribution in [-0.2, 0) is 9.53 Å². The minimum Gasteiger partial charge on any atom is -0.490 e. The number of para-hydroxylation sites is 1. The average Bonchev–Trinajstić information content (AvgIpc) is 3.30. The maximum atomic E-state index is 12.5. The summed E-state index contributed by atoms with van der Waals surface area (Å²) in [6.07, 6.45) is 1.59. The molecule has 0 fully saturated rings. The maximum Gasteiger partial charge on any atom is 0.338 e. The Morgan fingerprint density at radius 1 is 0.971 bits per heavy atom. The van der Waals surface area contributed by atoms with Crippen LogP contribution in [0.3, 0.4) is 0 Å². The first kappa shape index (κ1) is 24.6. The smallest absolute Gasteiger partial charge is 0.338 e. The number of hydrogen-bond acceptors (Lipinski definition) is 7. The third-order valence-corrected chi connectivity index (χ3v) is 4.59. The first-order valence-electron chi connectivity index (χ1n) is 11.1. The molecule has 1 heterocycles. The van der Waals surface area contributed by atoms with E-state index in [1.807, 2.05) is 51.1 Å². The van der Waals surface area contributed by atoms with E-state index >= 15 is 0 Å². The van der Waals surface area contributed by atoms with Gasteiger partial charge in [0.05, 0.1) is 18.4 Å². The van der Waals surface area contributed by atoms with E-state index in [1.165, 1.54) is 6.07 Å². The number of carbonyl (C=O) groups excluding carboxylic acids is 2. The second-order valence-electron chi connectivity index (χ2n) is 7.48. The van der Waals surface area contributed by atoms with E-state index < -0.39 is 18.5 Å². The molecule has 1 aromatic heterocycles. The summed E-state index contributed by atoms with van der Waals surface area (Å²) < 4.78 is 23.8. The zero-order valence-electron chi connectivity index (χ0n) is 19.5. The number of carbonyl (C=O) groups is 2. The number of nitrogens with one attached hydrogen (secondary N) is 1. The molecule has 0 unspecified atom stereocenters. The van der Waals surface area contributed by atoms with E-state index in [0.29, 0.717) is 37.1 Å². The topological polar surface area (TPSA) is 101 Å². The van der Waals surface area contributed by atoms with E-state index in [4.69, 9.17) is 18.9 Å². The molecule has 180 valence electrons. The number of ether oxygens (including phenoxy) is 4. The van der Waals surface area contributed by atoms with Crippen molar-refractivity contribution in [1.29, 1.82) is 0 Å². The highest BCUT2D eigenvalue weighted by molar-refractivity contribution is 5.95. The number of esters is 1. The lowest BCUT2D eigenvalue weighted by Crippen LogP contribution is -2.23. The van der Waals surface area contributed by atoms with Crippen LogP contribution >= 0.6 is 0 Å². The molecular weight excluding hydrogens is 438 g/mol. The van der Waals surface area contributed by atoms with E-state index in [2.05, 4.69) is 10.4 Å².